The topological polar surface area (TPSA) is 105 Å². The molecular weight excluding hydrogens is 444 g/mol. The summed E-state index contributed by atoms with van der Waals surface area (Å²) in [6.45, 7) is 3.28. The van der Waals surface area contributed by atoms with Gasteiger partial charge in [0, 0.05) is 13.5 Å². The van der Waals surface area contributed by atoms with Gasteiger partial charge in [0.2, 0.25) is 0 Å². The highest BCUT2D eigenvalue weighted by Crippen LogP contribution is 2.27. The summed E-state index contributed by atoms with van der Waals surface area (Å²) in [5.41, 5.74) is 1.82. The molecule has 1 fully saturated rings. The van der Waals surface area contributed by atoms with E-state index >= 15 is 0 Å². The molecule has 0 N–H and O–H groups in total. The van der Waals surface area contributed by atoms with Crippen LogP contribution in [0.1, 0.15) is 24.0 Å². The molecule has 8 nitrogen and oxygen atoms in total. The predicted octanol–water partition coefficient (Wildman–Crippen LogP) is 2.93. The van der Waals surface area contributed by atoms with E-state index in [1.54, 1.807) is 24.3 Å². The molecule has 2 aromatic rings. The van der Waals surface area contributed by atoms with Crippen LogP contribution in [-0.4, -0.2) is 49.1 Å². The number of rotatable bonds is 8. The van der Waals surface area contributed by atoms with Crippen LogP contribution in [0.4, 0.5) is 0 Å². The molecule has 31 heavy (non-hydrogen) atoms. The van der Waals surface area contributed by atoms with Gasteiger partial charge < -0.3 is 9.47 Å². The lowest BCUT2D eigenvalue weighted by Crippen LogP contribution is -2.45. The van der Waals surface area contributed by atoms with Crippen molar-refractivity contribution in [2.75, 3.05) is 13.7 Å². The van der Waals surface area contributed by atoms with E-state index in [9.17, 15) is 16.8 Å². The Balaban J connectivity index is 1.75. The van der Waals surface area contributed by atoms with Gasteiger partial charge in [-0.1, -0.05) is 35.4 Å². The Morgan fingerprint density at radius 1 is 0.839 bits per heavy atom. The van der Waals surface area contributed by atoms with Crippen molar-refractivity contribution in [1.82, 2.24) is 0 Å². The van der Waals surface area contributed by atoms with Crippen LogP contribution in [0.5, 0.6) is 0 Å². The number of methoxy groups -OCH3 is 1. The molecule has 0 saturated carbocycles. The lowest BCUT2D eigenvalue weighted by atomic mass is 10.1. The normalized spacial score (nSPS) is 22.4. The van der Waals surface area contributed by atoms with Crippen LogP contribution in [-0.2, 0) is 38.1 Å². The average Bonchev–Trinajstić information content (AvgIpc) is 2.73. The van der Waals surface area contributed by atoms with E-state index in [0.29, 0.717) is 12.8 Å². The quantitative estimate of drug-likeness (QED) is 0.542. The van der Waals surface area contributed by atoms with Crippen molar-refractivity contribution in [1.29, 1.82) is 0 Å². The first kappa shape index (κ1) is 23.8. The van der Waals surface area contributed by atoms with Gasteiger partial charge in [-0.15, -0.1) is 0 Å². The molecule has 0 spiro atoms. The number of benzene rings is 2. The molecule has 1 aliphatic heterocycles. The van der Waals surface area contributed by atoms with E-state index in [-0.39, 0.29) is 9.79 Å². The molecule has 0 unspecified atom stereocenters. The summed E-state index contributed by atoms with van der Waals surface area (Å²) in [6.07, 6.45) is -1.81. The molecule has 1 heterocycles. The maximum atomic E-state index is 12.7. The number of aryl methyl sites for hydroxylation is 2. The van der Waals surface area contributed by atoms with Crippen molar-refractivity contribution < 1.29 is 34.7 Å². The van der Waals surface area contributed by atoms with Gasteiger partial charge in [-0.3, -0.25) is 8.37 Å². The van der Waals surface area contributed by atoms with Crippen LogP contribution in [0.25, 0.3) is 0 Å². The second-order valence-corrected chi connectivity index (χ2v) is 10.6. The van der Waals surface area contributed by atoms with Gasteiger partial charge in [0.15, 0.2) is 6.29 Å². The fourth-order valence-electron chi connectivity index (χ4n) is 3.12. The summed E-state index contributed by atoms with van der Waals surface area (Å²) in [4.78, 5) is 0.0147. The van der Waals surface area contributed by atoms with Crippen molar-refractivity contribution >= 4 is 20.2 Å². The molecule has 0 bridgehead atoms. The third-order valence-electron chi connectivity index (χ3n) is 4.95. The highest BCUT2D eigenvalue weighted by molar-refractivity contribution is 7.87. The van der Waals surface area contributed by atoms with Crippen LogP contribution >= 0.6 is 0 Å². The average molecular weight is 471 g/mol. The van der Waals surface area contributed by atoms with Crippen LogP contribution in [0, 0.1) is 13.8 Å². The fraction of sp³-hybridized carbons (Fsp3) is 0.429. The van der Waals surface area contributed by atoms with Gasteiger partial charge >= 0.3 is 0 Å². The zero-order valence-electron chi connectivity index (χ0n) is 17.6. The van der Waals surface area contributed by atoms with E-state index in [1.165, 1.54) is 31.4 Å². The van der Waals surface area contributed by atoms with E-state index < -0.39 is 45.3 Å². The number of hydrogen-bond acceptors (Lipinski definition) is 8. The Bertz CT molecular complexity index is 1080. The minimum Gasteiger partial charge on any atom is -0.356 e. The lowest BCUT2D eigenvalue weighted by molar-refractivity contribution is -0.212. The second-order valence-electron chi connectivity index (χ2n) is 7.37. The summed E-state index contributed by atoms with van der Waals surface area (Å²) in [5, 5.41) is 0. The molecular formula is C21H26O8S2. The molecule has 0 aliphatic carbocycles. The van der Waals surface area contributed by atoms with Crippen molar-refractivity contribution in [2.24, 2.45) is 0 Å². The number of hydrogen-bond donors (Lipinski definition) is 0. The predicted molar refractivity (Wildman–Crippen MR) is 112 cm³/mol. The first-order chi connectivity index (χ1) is 14.6. The summed E-state index contributed by atoms with van der Waals surface area (Å²) >= 11 is 0. The van der Waals surface area contributed by atoms with E-state index in [0.717, 1.165) is 11.1 Å². The highest BCUT2D eigenvalue weighted by atomic mass is 32.2. The van der Waals surface area contributed by atoms with E-state index in [1.807, 2.05) is 13.8 Å². The summed E-state index contributed by atoms with van der Waals surface area (Å²) < 4.78 is 71.9. The van der Waals surface area contributed by atoms with Crippen molar-refractivity contribution in [3.05, 3.63) is 59.7 Å². The lowest BCUT2D eigenvalue weighted by Gasteiger charge is -2.34. The first-order valence-electron chi connectivity index (χ1n) is 9.75. The first-order valence-corrected chi connectivity index (χ1v) is 12.6. The SMILES string of the molecule is CO[C@@H]1CC[C@H](OS(=O)(=O)c2ccc(C)cc2)[C@@H](COS(=O)(=O)c2ccc(C)cc2)O1. The zero-order valence-corrected chi connectivity index (χ0v) is 19.2. The standard InChI is InChI=1S/C21H26O8S2/c1-15-4-8-17(9-5-15)30(22,23)27-14-20-19(12-13-21(26-3)28-20)29-31(24,25)18-10-6-16(2)7-11-18/h4-11,19-21H,12-14H2,1-3H3/t19-,20+,21-/m0/s1. The largest absolute Gasteiger partial charge is 0.356 e. The van der Waals surface area contributed by atoms with Gasteiger partial charge in [0.25, 0.3) is 20.2 Å². The molecule has 10 heteroatoms. The van der Waals surface area contributed by atoms with Crippen molar-refractivity contribution in [3.8, 4) is 0 Å². The van der Waals surface area contributed by atoms with E-state index in [4.69, 9.17) is 17.8 Å². The monoisotopic (exact) mass is 470 g/mol. The minimum absolute atomic E-state index is 0.00180. The molecule has 170 valence electrons. The third-order valence-corrected chi connectivity index (χ3v) is 7.59. The van der Waals surface area contributed by atoms with Gasteiger partial charge in [0.1, 0.15) is 12.2 Å². The molecule has 1 aliphatic rings. The molecule has 0 radical (unpaired) electrons. The summed E-state index contributed by atoms with van der Waals surface area (Å²) in [7, 11) is -6.67. The Morgan fingerprint density at radius 3 is 1.87 bits per heavy atom. The molecule has 2 aromatic carbocycles. The maximum Gasteiger partial charge on any atom is 0.297 e. The molecule has 1 saturated heterocycles. The maximum absolute atomic E-state index is 12.7. The van der Waals surface area contributed by atoms with Gasteiger partial charge in [-0.25, -0.2) is 0 Å². The zero-order chi connectivity index (χ0) is 22.6. The van der Waals surface area contributed by atoms with E-state index in [2.05, 4.69) is 0 Å². The minimum atomic E-state index is -4.07. The van der Waals surface area contributed by atoms with Crippen LogP contribution < -0.4 is 0 Å². The Kier molecular flexibility index (Phi) is 7.51. The van der Waals surface area contributed by atoms with Crippen LogP contribution in [0.3, 0.4) is 0 Å². The third kappa shape index (κ3) is 6.12. The Hall–Kier alpha value is -1.82. The molecule has 0 aromatic heterocycles. The molecule has 3 rings (SSSR count). The van der Waals surface area contributed by atoms with Crippen LogP contribution in [0.15, 0.2) is 58.3 Å². The summed E-state index contributed by atoms with van der Waals surface area (Å²) in [6, 6.07) is 12.5. The van der Waals surface area contributed by atoms with Crippen molar-refractivity contribution in [3.63, 3.8) is 0 Å². The van der Waals surface area contributed by atoms with Crippen LogP contribution in [0.2, 0.25) is 0 Å². The molecule has 3 atom stereocenters. The van der Waals surface area contributed by atoms with Gasteiger partial charge in [-0.05, 0) is 44.5 Å². The molecule has 0 amide bonds. The second kappa shape index (κ2) is 9.76. The Labute approximate surface area is 183 Å². The fourth-order valence-corrected chi connectivity index (χ4v) is 5.16. The summed E-state index contributed by atoms with van der Waals surface area (Å²) in [5.74, 6) is 0. The number of ether oxygens (including phenoxy) is 2. The highest BCUT2D eigenvalue weighted by Gasteiger charge is 2.37. The van der Waals surface area contributed by atoms with Crippen molar-refractivity contribution in [2.45, 2.75) is 55.0 Å². The Morgan fingerprint density at radius 2 is 1.35 bits per heavy atom. The van der Waals surface area contributed by atoms with Gasteiger partial charge in [-0.2, -0.15) is 16.8 Å². The van der Waals surface area contributed by atoms with Gasteiger partial charge in [0.05, 0.1) is 16.4 Å². The smallest absolute Gasteiger partial charge is 0.297 e.